The van der Waals surface area contributed by atoms with Crippen LogP contribution in [0.15, 0.2) is 24.3 Å². The van der Waals surface area contributed by atoms with Crippen LogP contribution in [0.3, 0.4) is 0 Å². The van der Waals surface area contributed by atoms with E-state index in [1.165, 1.54) is 31.2 Å². The lowest BCUT2D eigenvalue weighted by molar-refractivity contribution is 0.309. The molecule has 2 rings (SSSR count). The van der Waals surface area contributed by atoms with Crippen LogP contribution in [0.25, 0.3) is 0 Å². The van der Waals surface area contributed by atoms with E-state index in [0.29, 0.717) is 6.04 Å². The Kier molecular flexibility index (Phi) is 5.20. The minimum absolute atomic E-state index is 0.531. The maximum absolute atomic E-state index is 5.41. The van der Waals surface area contributed by atoms with E-state index < -0.39 is 0 Å². The van der Waals surface area contributed by atoms with Crippen molar-refractivity contribution in [3.8, 4) is 0 Å². The molecule has 0 heterocycles. The number of thiocarbonyl (C=S) groups is 1. The minimum Gasteiger partial charge on any atom is -0.359 e. The van der Waals surface area contributed by atoms with Crippen LogP contribution in [-0.2, 0) is 6.42 Å². The number of anilines is 1. The number of hydrogen-bond donors (Lipinski definition) is 2. The Morgan fingerprint density at radius 3 is 2.53 bits per heavy atom. The number of hydrogen-bond acceptors (Lipinski definition) is 1. The predicted molar refractivity (Wildman–Crippen MR) is 86.6 cm³/mol. The van der Waals surface area contributed by atoms with Gasteiger partial charge in [0, 0.05) is 11.7 Å². The summed E-state index contributed by atoms with van der Waals surface area (Å²) in [5.41, 5.74) is 2.42. The van der Waals surface area contributed by atoms with Gasteiger partial charge < -0.3 is 10.6 Å². The first kappa shape index (κ1) is 14.3. The summed E-state index contributed by atoms with van der Waals surface area (Å²) in [6.45, 7) is 4.48. The Balaban J connectivity index is 1.86. The Bertz CT molecular complexity index is 413. The standard InChI is InChI=1S/C16H24N2S/c1-3-13-8-10-14(11-9-13)17-16(19)18-15-7-5-4-6-12(15)2/h8-12,15H,3-7H2,1-2H3,(H2,17,18,19)/t12-,15-/m1/s1. The summed E-state index contributed by atoms with van der Waals surface area (Å²) in [5.74, 6) is 0.718. The summed E-state index contributed by atoms with van der Waals surface area (Å²) in [6, 6.07) is 9.01. The molecule has 104 valence electrons. The van der Waals surface area contributed by atoms with Gasteiger partial charge in [-0.05, 0) is 55.1 Å². The Hall–Kier alpha value is -1.09. The molecular weight excluding hydrogens is 252 g/mol. The van der Waals surface area contributed by atoms with Crippen molar-refractivity contribution in [1.82, 2.24) is 5.32 Å². The Labute approximate surface area is 122 Å². The third-order valence-electron chi connectivity index (χ3n) is 4.05. The normalized spacial score (nSPS) is 22.8. The molecule has 0 bridgehead atoms. The lowest BCUT2D eigenvalue weighted by Gasteiger charge is -2.30. The molecule has 19 heavy (non-hydrogen) atoms. The molecule has 0 radical (unpaired) electrons. The van der Waals surface area contributed by atoms with Crippen molar-refractivity contribution in [1.29, 1.82) is 0 Å². The van der Waals surface area contributed by atoms with Crippen LogP contribution in [-0.4, -0.2) is 11.2 Å². The van der Waals surface area contributed by atoms with E-state index in [4.69, 9.17) is 12.2 Å². The van der Waals surface area contributed by atoms with Crippen molar-refractivity contribution in [3.05, 3.63) is 29.8 Å². The molecule has 1 aliphatic rings. The van der Waals surface area contributed by atoms with Crippen molar-refractivity contribution in [2.24, 2.45) is 5.92 Å². The topological polar surface area (TPSA) is 24.1 Å². The zero-order valence-corrected chi connectivity index (χ0v) is 12.7. The van der Waals surface area contributed by atoms with Crippen molar-refractivity contribution in [3.63, 3.8) is 0 Å². The van der Waals surface area contributed by atoms with Crippen LogP contribution in [0, 0.1) is 5.92 Å². The van der Waals surface area contributed by atoms with Gasteiger partial charge in [0.05, 0.1) is 0 Å². The molecule has 2 atom stereocenters. The SMILES string of the molecule is CCc1ccc(NC(=S)N[C@@H]2CCCC[C@H]2C)cc1. The van der Waals surface area contributed by atoms with Crippen molar-refractivity contribution < 1.29 is 0 Å². The smallest absolute Gasteiger partial charge is 0.171 e. The number of nitrogens with one attached hydrogen (secondary N) is 2. The molecule has 1 aromatic rings. The highest BCUT2D eigenvalue weighted by Gasteiger charge is 2.21. The summed E-state index contributed by atoms with van der Waals surface area (Å²) in [4.78, 5) is 0. The molecule has 1 aliphatic carbocycles. The minimum atomic E-state index is 0.531. The number of aryl methyl sites for hydroxylation is 1. The average molecular weight is 276 g/mol. The second-order valence-corrected chi connectivity index (χ2v) is 5.93. The van der Waals surface area contributed by atoms with Crippen molar-refractivity contribution in [2.75, 3.05) is 5.32 Å². The lowest BCUT2D eigenvalue weighted by atomic mass is 9.86. The van der Waals surface area contributed by atoms with Gasteiger partial charge in [0.2, 0.25) is 0 Å². The first-order valence-electron chi connectivity index (χ1n) is 7.35. The maximum atomic E-state index is 5.41. The van der Waals surface area contributed by atoms with Gasteiger partial charge in [-0.25, -0.2) is 0 Å². The molecular formula is C16H24N2S. The molecule has 0 saturated heterocycles. The van der Waals surface area contributed by atoms with Gasteiger partial charge in [-0.1, -0.05) is 38.8 Å². The third kappa shape index (κ3) is 4.20. The van der Waals surface area contributed by atoms with E-state index in [9.17, 15) is 0 Å². The van der Waals surface area contributed by atoms with Gasteiger partial charge in [-0.3, -0.25) is 0 Å². The Morgan fingerprint density at radius 2 is 1.89 bits per heavy atom. The molecule has 0 aliphatic heterocycles. The highest BCUT2D eigenvalue weighted by atomic mass is 32.1. The number of rotatable bonds is 3. The van der Waals surface area contributed by atoms with Gasteiger partial charge in [-0.15, -0.1) is 0 Å². The van der Waals surface area contributed by atoms with E-state index in [0.717, 1.165) is 23.1 Å². The van der Waals surface area contributed by atoms with Gasteiger partial charge in [0.1, 0.15) is 0 Å². The first-order chi connectivity index (χ1) is 9.19. The molecule has 0 spiro atoms. The van der Waals surface area contributed by atoms with Crippen molar-refractivity contribution >= 4 is 23.0 Å². The molecule has 1 saturated carbocycles. The Morgan fingerprint density at radius 1 is 1.21 bits per heavy atom. The predicted octanol–water partition coefficient (Wildman–Crippen LogP) is 4.11. The van der Waals surface area contributed by atoms with Crippen LogP contribution < -0.4 is 10.6 Å². The molecule has 0 aromatic heterocycles. The summed E-state index contributed by atoms with van der Waals surface area (Å²) < 4.78 is 0. The quantitative estimate of drug-likeness (QED) is 0.812. The molecule has 1 fully saturated rings. The number of benzene rings is 1. The zero-order chi connectivity index (χ0) is 13.7. The monoisotopic (exact) mass is 276 g/mol. The van der Waals surface area contributed by atoms with E-state index in [-0.39, 0.29) is 0 Å². The molecule has 0 amide bonds. The summed E-state index contributed by atoms with van der Waals surface area (Å²) in [7, 11) is 0. The third-order valence-corrected chi connectivity index (χ3v) is 4.27. The lowest BCUT2D eigenvalue weighted by Crippen LogP contribution is -2.43. The molecule has 3 heteroatoms. The van der Waals surface area contributed by atoms with Crippen molar-refractivity contribution in [2.45, 2.75) is 52.0 Å². The second-order valence-electron chi connectivity index (χ2n) is 5.52. The van der Waals surface area contributed by atoms with Gasteiger partial charge >= 0.3 is 0 Å². The van der Waals surface area contributed by atoms with Gasteiger partial charge in [0.15, 0.2) is 5.11 Å². The van der Waals surface area contributed by atoms with E-state index in [2.05, 4.69) is 48.7 Å². The summed E-state index contributed by atoms with van der Waals surface area (Å²) in [5, 5.41) is 7.50. The zero-order valence-electron chi connectivity index (χ0n) is 11.9. The molecule has 1 aromatic carbocycles. The van der Waals surface area contributed by atoms with Crippen LogP contribution in [0.2, 0.25) is 0 Å². The summed E-state index contributed by atoms with van der Waals surface area (Å²) in [6.07, 6.45) is 6.29. The van der Waals surface area contributed by atoms with Gasteiger partial charge in [0.25, 0.3) is 0 Å². The van der Waals surface area contributed by atoms with Gasteiger partial charge in [-0.2, -0.15) is 0 Å². The molecule has 2 N–H and O–H groups in total. The highest BCUT2D eigenvalue weighted by Crippen LogP contribution is 2.23. The van der Waals surface area contributed by atoms with Crippen LogP contribution >= 0.6 is 12.2 Å². The van der Waals surface area contributed by atoms with Crippen LogP contribution in [0.5, 0.6) is 0 Å². The first-order valence-corrected chi connectivity index (χ1v) is 7.76. The average Bonchev–Trinajstić information content (AvgIpc) is 2.42. The van der Waals surface area contributed by atoms with E-state index in [1.54, 1.807) is 0 Å². The fourth-order valence-corrected chi connectivity index (χ4v) is 2.96. The second kappa shape index (κ2) is 6.90. The molecule has 2 nitrogen and oxygen atoms in total. The van der Waals surface area contributed by atoms with Crippen LogP contribution in [0.4, 0.5) is 5.69 Å². The highest BCUT2D eigenvalue weighted by molar-refractivity contribution is 7.80. The van der Waals surface area contributed by atoms with Crippen LogP contribution in [0.1, 0.15) is 45.1 Å². The molecule has 0 unspecified atom stereocenters. The fraction of sp³-hybridized carbons (Fsp3) is 0.562. The van der Waals surface area contributed by atoms with E-state index >= 15 is 0 Å². The fourth-order valence-electron chi connectivity index (χ4n) is 2.69. The maximum Gasteiger partial charge on any atom is 0.171 e. The largest absolute Gasteiger partial charge is 0.359 e. The summed E-state index contributed by atoms with van der Waals surface area (Å²) >= 11 is 5.41. The van der Waals surface area contributed by atoms with E-state index in [1.807, 2.05) is 0 Å².